The average Bonchev–Trinajstić information content (AvgIpc) is 2.69. The molecule has 1 unspecified atom stereocenters. The molecule has 0 aliphatic carbocycles. The minimum Gasteiger partial charge on any atom is -0.493 e. The molecule has 2 fully saturated rings. The second-order valence-corrected chi connectivity index (χ2v) is 8.47. The van der Waals surface area contributed by atoms with E-state index < -0.39 is 0 Å². The molecule has 2 aromatic rings. The molecule has 8 nitrogen and oxygen atoms in total. The Kier molecular flexibility index (Phi) is 6.43. The Morgan fingerprint density at radius 1 is 1.10 bits per heavy atom. The average molecular weight is 415 g/mol. The Labute approximate surface area is 178 Å². The van der Waals surface area contributed by atoms with Crippen molar-refractivity contribution in [1.29, 1.82) is 0 Å². The molecule has 2 saturated heterocycles. The summed E-state index contributed by atoms with van der Waals surface area (Å²) in [5.41, 5.74) is 7.35. The van der Waals surface area contributed by atoms with Crippen LogP contribution in [-0.2, 0) is 0 Å². The van der Waals surface area contributed by atoms with Crippen LogP contribution < -0.4 is 25.0 Å². The predicted molar refractivity (Wildman–Crippen MR) is 121 cm³/mol. The van der Waals surface area contributed by atoms with Gasteiger partial charge in [-0.2, -0.15) is 4.98 Å². The summed E-state index contributed by atoms with van der Waals surface area (Å²) in [6.07, 6.45) is 5.38. The molecule has 0 radical (unpaired) electrons. The van der Waals surface area contributed by atoms with E-state index in [1.54, 1.807) is 7.11 Å². The highest BCUT2D eigenvalue weighted by atomic mass is 16.5. The maximum absolute atomic E-state index is 6.47. The number of aromatic nitrogens is 2. The topological polar surface area (TPSA) is 80.0 Å². The smallest absolute Gasteiger partial charge is 0.227 e. The standard InChI is InChI=1S/C22H34N6O2/c1-26(2)9-7-13-30-19-15-17-16(14-18(19)29-3)21(28-12-5-4-8-20(28)23)25-22(24-17)27-10-6-11-27/h14-15,20H,4-13,23H2,1-3H3. The van der Waals surface area contributed by atoms with E-state index in [9.17, 15) is 0 Å². The van der Waals surface area contributed by atoms with Gasteiger partial charge in [0, 0.05) is 37.6 Å². The monoisotopic (exact) mass is 414 g/mol. The Bertz CT molecular complexity index is 870. The largest absolute Gasteiger partial charge is 0.493 e. The zero-order valence-electron chi connectivity index (χ0n) is 18.4. The molecule has 0 bridgehead atoms. The number of piperidine rings is 1. The maximum atomic E-state index is 6.47. The van der Waals surface area contributed by atoms with E-state index in [0.29, 0.717) is 12.4 Å². The molecule has 1 atom stereocenters. The summed E-state index contributed by atoms with van der Waals surface area (Å²) in [5.74, 6) is 3.13. The first-order valence-corrected chi connectivity index (χ1v) is 11.0. The van der Waals surface area contributed by atoms with Gasteiger partial charge in [0.05, 0.1) is 25.4 Å². The van der Waals surface area contributed by atoms with E-state index in [2.05, 4.69) is 28.8 Å². The van der Waals surface area contributed by atoms with Crippen molar-refractivity contribution in [3.05, 3.63) is 12.1 Å². The molecule has 30 heavy (non-hydrogen) atoms. The summed E-state index contributed by atoms with van der Waals surface area (Å²) >= 11 is 0. The van der Waals surface area contributed by atoms with Crippen LogP contribution in [0.5, 0.6) is 11.5 Å². The van der Waals surface area contributed by atoms with Crippen LogP contribution in [0.4, 0.5) is 11.8 Å². The number of rotatable bonds is 8. The van der Waals surface area contributed by atoms with E-state index >= 15 is 0 Å². The first kappa shape index (κ1) is 20.9. The lowest BCUT2D eigenvalue weighted by Gasteiger charge is -2.36. The maximum Gasteiger partial charge on any atom is 0.227 e. The number of hydrogen-bond acceptors (Lipinski definition) is 8. The second-order valence-electron chi connectivity index (χ2n) is 8.47. The number of methoxy groups -OCH3 is 1. The Morgan fingerprint density at radius 3 is 2.60 bits per heavy atom. The molecule has 1 aromatic heterocycles. The molecule has 0 spiro atoms. The van der Waals surface area contributed by atoms with Gasteiger partial charge < -0.3 is 29.9 Å². The highest BCUT2D eigenvalue weighted by Gasteiger charge is 2.26. The lowest BCUT2D eigenvalue weighted by atomic mass is 10.1. The second kappa shape index (κ2) is 9.22. The summed E-state index contributed by atoms with van der Waals surface area (Å²) in [5, 5.41) is 0.967. The first-order valence-electron chi connectivity index (χ1n) is 11.0. The van der Waals surface area contributed by atoms with Crippen molar-refractivity contribution in [1.82, 2.24) is 14.9 Å². The summed E-state index contributed by atoms with van der Waals surface area (Å²) in [4.78, 5) is 16.4. The van der Waals surface area contributed by atoms with Gasteiger partial charge in [0.2, 0.25) is 5.95 Å². The molecule has 4 rings (SSSR count). The van der Waals surface area contributed by atoms with Crippen molar-refractivity contribution in [3.63, 3.8) is 0 Å². The Hall–Kier alpha value is -2.32. The summed E-state index contributed by atoms with van der Waals surface area (Å²) in [6, 6.07) is 4.00. The van der Waals surface area contributed by atoms with Crippen LogP contribution in [0.15, 0.2) is 12.1 Å². The van der Waals surface area contributed by atoms with Gasteiger partial charge in [0.15, 0.2) is 11.5 Å². The number of fused-ring (bicyclic) bond motifs is 1. The predicted octanol–water partition coefficient (Wildman–Crippen LogP) is 2.45. The van der Waals surface area contributed by atoms with Gasteiger partial charge in [-0.05, 0) is 52.3 Å². The van der Waals surface area contributed by atoms with Crippen LogP contribution in [-0.4, -0.2) is 75.0 Å². The van der Waals surface area contributed by atoms with Gasteiger partial charge in [-0.25, -0.2) is 4.98 Å². The molecule has 164 valence electrons. The minimum absolute atomic E-state index is 0.0194. The van der Waals surface area contributed by atoms with Crippen molar-refractivity contribution in [2.24, 2.45) is 5.73 Å². The van der Waals surface area contributed by atoms with Crippen LogP contribution >= 0.6 is 0 Å². The number of nitrogens with two attached hydrogens (primary N) is 1. The third-order valence-corrected chi connectivity index (χ3v) is 5.92. The molecule has 0 amide bonds. The zero-order valence-corrected chi connectivity index (χ0v) is 18.4. The van der Waals surface area contributed by atoms with Crippen molar-refractivity contribution in [3.8, 4) is 11.5 Å². The molecular weight excluding hydrogens is 380 g/mol. The van der Waals surface area contributed by atoms with Crippen LogP contribution in [0.25, 0.3) is 10.9 Å². The minimum atomic E-state index is -0.0194. The first-order chi connectivity index (χ1) is 14.6. The fraction of sp³-hybridized carbons (Fsp3) is 0.636. The summed E-state index contributed by atoms with van der Waals surface area (Å²) < 4.78 is 11.7. The SMILES string of the molecule is COc1cc2c(N3CCCCC3N)nc(N3CCC3)nc2cc1OCCCN(C)C. The molecule has 2 N–H and O–H groups in total. The molecule has 0 saturated carbocycles. The van der Waals surface area contributed by atoms with Crippen LogP contribution in [0.1, 0.15) is 32.1 Å². The highest BCUT2D eigenvalue weighted by Crippen LogP contribution is 2.38. The van der Waals surface area contributed by atoms with Gasteiger partial charge in [0.25, 0.3) is 0 Å². The summed E-state index contributed by atoms with van der Waals surface area (Å²) in [7, 11) is 5.81. The van der Waals surface area contributed by atoms with Crippen molar-refractivity contribution in [2.75, 3.05) is 63.8 Å². The quantitative estimate of drug-likeness (QED) is 0.660. The Morgan fingerprint density at radius 2 is 1.93 bits per heavy atom. The molecular formula is C22H34N6O2. The fourth-order valence-electron chi connectivity index (χ4n) is 4.04. The van der Waals surface area contributed by atoms with E-state index in [1.807, 2.05) is 12.1 Å². The van der Waals surface area contributed by atoms with Crippen LogP contribution in [0.2, 0.25) is 0 Å². The van der Waals surface area contributed by atoms with Crippen molar-refractivity contribution in [2.45, 2.75) is 38.3 Å². The highest BCUT2D eigenvalue weighted by molar-refractivity contribution is 5.93. The number of ether oxygens (including phenoxy) is 2. The van der Waals surface area contributed by atoms with Gasteiger partial charge in [-0.3, -0.25) is 0 Å². The van der Waals surface area contributed by atoms with Gasteiger partial charge >= 0.3 is 0 Å². The molecule has 3 heterocycles. The van der Waals surface area contributed by atoms with Crippen molar-refractivity contribution >= 4 is 22.7 Å². The van der Waals surface area contributed by atoms with Crippen LogP contribution in [0, 0.1) is 0 Å². The molecule has 2 aliphatic heterocycles. The van der Waals surface area contributed by atoms with Gasteiger partial charge in [-0.15, -0.1) is 0 Å². The van der Waals surface area contributed by atoms with Crippen molar-refractivity contribution < 1.29 is 9.47 Å². The van der Waals surface area contributed by atoms with Crippen LogP contribution in [0.3, 0.4) is 0 Å². The number of anilines is 2. The fourth-order valence-corrected chi connectivity index (χ4v) is 4.04. The normalized spacial score (nSPS) is 19.3. The number of hydrogen-bond donors (Lipinski definition) is 1. The van der Waals surface area contributed by atoms with Gasteiger partial charge in [-0.1, -0.05) is 0 Å². The van der Waals surface area contributed by atoms with Gasteiger partial charge in [0.1, 0.15) is 5.82 Å². The number of benzene rings is 1. The van der Waals surface area contributed by atoms with E-state index in [4.69, 9.17) is 25.2 Å². The molecule has 2 aliphatic rings. The third-order valence-electron chi connectivity index (χ3n) is 5.92. The Balaban J connectivity index is 1.72. The molecule has 1 aromatic carbocycles. The third kappa shape index (κ3) is 4.39. The van der Waals surface area contributed by atoms with E-state index in [0.717, 1.165) is 80.3 Å². The zero-order chi connectivity index (χ0) is 21.1. The van der Waals surface area contributed by atoms with E-state index in [-0.39, 0.29) is 6.17 Å². The summed E-state index contributed by atoms with van der Waals surface area (Å²) in [6.45, 7) is 4.53. The van der Waals surface area contributed by atoms with E-state index in [1.165, 1.54) is 6.42 Å². The number of nitrogens with zero attached hydrogens (tertiary/aromatic N) is 5. The lowest BCUT2D eigenvalue weighted by Crippen LogP contribution is -2.46. The lowest BCUT2D eigenvalue weighted by molar-refractivity contribution is 0.268. The molecule has 8 heteroatoms.